The summed E-state index contributed by atoms with van der Waals surface area (Å²) in [4.78, 5) is 13.2. The van der Waals surface area contributed by atoms with E-state index >= 15 is 0 Å². The van der Waals surface area contributed by atoms with E-state index in [2.05, 4.69) is 0 Å². The van der Waals surface area contributed by atoms with Crippen LogP contribution in [0.5, 0.6) is 0 Å². The SMILES string of the molecule is CC(c1cccc(Cl)c1)N1CCOCC1C(=O)O. The number of morpholine rings is 1. The van der Waals surface area contributed by atoms with Gasteiger partial charge in [0.15, 0.2) is 0 Å². The lowest BCUT2D eigenvalue weighted by Gasteiger charge is -2.37. The van der Waals surface area contributed by atoms with E-state index in [4.69, 9.17) is 16.3 Å². The first kappa shape index (κ1) is 13.3. The highest BCUT2D eigenvalue weighted by Crippen LogP contribution is 2.26. The third-order valence-electron chi connectivity index (χ3n) is 3.28. The van der Waals surface area contributed by atoms with Gasteiger partial charge in [-0.25, -0.2) is 0 Å². The van der Waals surface area contributed by atoms with Crippen LogP contribution in [0.4, 0.5) is 0 Å². The Morgan fingerprint density at radius 3 is 3.06 bits per heavy atom. The molecule has 2 rings (SSSR count). The van der Waals surface area contributed by atoms with Crippen molar-refractivity contribution in [3.8, 4) is 0 Å². The van der Waals surface area contributed by atoms with Crippen molar-refractivity contribution in [1.29, 1.82) is 0 Å². The molecule has 1 aliphatic heterocycles. The van der Waals surface area contributed by atoms with E-state index in [1.165, 1.54) is 0 Å². The first-order valence-corrected chi connectivity index (χ1v) is 6.29. The van der Waals surface area contributed by atoms with E-state index in [1.807, 2.05) is 36.1 Å². The quantitative estimate of drug-likeness (QED) is 0.914. The van der Waals surface area contributed by atoms with Gasteiger partial charge in [-0.05, 0) is 24.6 Å². The van der Waals surface area contributed by atoms with Gasteiger partial charge in [0.05, 0.1) is 13.2 Å². The Kier molecular flexibility index (Phi) is 4.22. The third kappa shape index (κ3) is 2.83. The molecule has 0 aliphatic carbocycles. The maximum atomic E-state index is 11.2. The fourth-order valence-electron chi connectivity index (χ4n) is 2.25. The second-order valence-corrected chi connectivity index (χ2v) is 4.83. The van der Waals surface area contributed by atoms with Crippen molar-refractivity contribution in [1.82, 2.24) is 4.90 Å². The first-order chi connectivity index (χ1) is 8.59. The van der Waals surface area contributed by atoms with Gasteiger partial charge in [0.25, 0.3) is 0 Å². The molecule has 1 saturated heterocycles. The first-order valence-electron chi connectivity index (χ1n) is 5.91. The predicted octanol–water partition coefficient (Wildman–Crippen LogP) is 2.19. The Hall–Kier alpha value is -1.10. The largest absolute Gasteiger partial charge is 0.480 e. The molecule has 5 heteroatoms. The number of carboxylic acid groups (broad SMARTS) is 1. The molecule has 1 aromatic carbocycles. The molecule has 0 spiro atoms. The van der Waals surface area contributed by atoms with Crippen LogP contribution in [0.25, 0.3) is 0 Å². The third-order valence-corrected chi connectivity index (χ3v) is 3.52. The Labute approximate surface area is 111 Å². The summed E-state index contributed by atoms with van der Waals surface area (Å²) in [6, 6.07) is 6.95. The molecule has 0 amide bonds. The van der Waals surface area contributed by atoms with Crippen LogP contribution in [0.2, 0.25) is 5.02 Å². The number of hydrogen-bond acceptors (Lipinski definition) is 3. The summed E-state index contributed by atoms with van der Waals surface area (Å²) in [5.74, 6) is -0.844. The van der Waals surface area contributed by atoms with Gasteiger partial charge in [-0.15, -0.1) is 0 Å². The molecule has 98 valence electrons. The summed E-state index contributed by atoms with van der Waals surface area (Å²) in [5.41, 5.74) is 1.02. The maximum absolute atomic E-state index is 11.2. The lowest BCUT2D eigenvalue weighted by atomic mass is 10.0. The van der Waals surface area contributed by atoms with E-state index in [-0.39, 0.29) is 12.6 Å². The van der Waals surface area contributed by atoms with Gasteiger partial charge in [0, 0.05) is 17.6 Å². The Balaban J connectivity index is 2.20. The van der Waals surface area contributed by atoms with E-state index in [0.717, 1.165) is 5.56 Å². The normalized spacial score (nSPS) is 22.7. The Morgan fingerprint density at radius 2 is 2.39 bits per heavy atom. The van der Waals surface area contributed by atoms with Gasteiger partial charge >= 0.3 is 5.97 Å². The zero-order valence-corrected chi connectivity index (χ0v) is 10.9. The highest BCUT2D eigenvalue weighted by molar-refractivity contribution is 6.30. The maximum Gasteiger partial charge on any atom is 0.323 e. The minimum atomic E-state index is -0.844. The number of benzene rings is 1. The standard InChI is InChI=1S/C13H16ClNO3/c1-9(10-3-2-4-11(14)7-10)15-5-6-18-8-12(15)13(16)17/h2-4,7,9,12H,5-6,8H2,1H3,(H,16,17). The summed E-state index contributed by atoms with van der Waals surface area (Å²) in [6.45, 7) is 3.41. The van der Waals surface area contributed by atoms with Crippen molar-refractivity contribution in [3.05, 3.63) is 34.9 Å². The molecule has 18 heavy (non-hydrogen) atoms. The lowest BCUT2D eigenvalue weighted by molar-refractivity contribution is -0.151. The van der Waals surface area contributed by atoms with Crippen LogP contribution < -0.4 is 0 Å². The summed E-state index contributed by atoms with van der Waals surface area (Å²) in [5, 5.41) is 9.88. The van der Waals surface area contributed by atoms with Crippen LogP contribution >= 0.6 is 11.6 Å². The Bertz CT molecular complexity index is 438. The van der Waals surface area contributed by atoms with Crippen molar-refractivity contribution in [3.63, 3.8) is 0 Å². The number of aliphatic carboxylic acids is 1. The number of ether oxygens (including phenoxy) is 1. The van der Waals surface area contributed by atoms with E-state index in [1.54, 1.807) is 0 Å². The van der Waals surface area contributed by atoms with Gasteiger partial charge in [-0.2, -0.15) is 0 Å². The molecular formula is C13H16ClNO3. The van der Waals surface area contributed by atoms with Gasteiger partial charge < -0.3 is 9.84 Å². The molecule has 1 fully saturated rings. The topological polar surface area (TPSA) is 49.8 Å². The van der Waals surface area contributed by atoms with E-state index in [9.17, 15) is 9.90 Å². The van der Waals surface area contributed by atoms with Gasteiger partial charge in [0.1, 0.15) is 6.04 Å². The minimum absolute atomic E-state index is 0.00806. The monoisotopic (exact) mass is 269 g/mol. The van der Waals surface area contributed by atoms with Crippen LogP contribution in [0.15, 0.2) is 24.3 Å². The van der Waals surface area contributed by atoms with Crippen LogP contribution in [0.3, 0.4) is 0 Å². The average molecular weight is 270 g/mol. The summed E-state index contributed by atoms with van der Waals surface area (Å²) < 4.78 is 5.23. The second kappa shape index (κ2) is 5.69. The molecular weight excluding hydrogens is 254 g/mol. The summed E-state index contributed by atoms with van der Waals surface area (Å²) in [7, 11) is 0. The molecule has 1 N–H and O–H groups in total. The van der Waals surface area contributed by atoms with Gasteiger partial charge in [-0.3, -0.25) is 9.69 Å². The molecule has 1 aliphatic rings. The molecule has 0 bridgehead atoms. The van der Waals surface area contributed by atoms with Crippen molar-refractivity contribution < 1.29 is 14.6 Å². The van der Waals surface area contributed by atoms with Crippen molar-refractivity contribution in [2.75, 3.05) is 19.8 Å². The average Bonchev–Trinajstić information content (AvgIpc) is 2.38. The van der Waals surface area contributed by atoms with Crippen molar-refractivity contribution >= 4 is 17.6 Å². The molecule has 0 radical (unpaired) electrons. The summed E-state index contributed by atoms with van der Waals surface area (Å²) >= 11 is 5.97. The van der Waals surface area contributed by atoms with Crippen LogP contribution in [-0.2, 0) is 9.53 Å². The summed E-state index contributed by atoms with van der Waals surface area (Å²) in [6.07, 6.45) is 0. The molecule has 1 aromatic rings. The molecule has 2 atom stereocenters. The van der Waals surface area contributed by atoms with Gasteiger partial charge in [0.2, 0.25) is 0 Å². The number of halogens is 1. The molecule has 4 nitrogen and oxygen atoms in total. The predicted molar refractivity (Wildman–Crippen MR) is 68.8 cm³/mol. The molecule has 1 heterocycles. The number of carboxylic acids is 1. The van der Waals surface area contributed by atoms with Gasteiger partial charge in [-0.1, -0.05) is 23.7 Å². The Morgan fingerprint density at radius 1 is 1.61 bits per heavy atom. The lowest BCUT2D eigenvalue weighted by Crippen LogP contribution is -2.50. The van der Waals surface area contributed by atoms with Crippen molar-refractivity contribution in [2.45, 2.75) is 19.0 Å². The smallest absolute Gasteiger partial charge is 0.323 e. The molecule has 2 unspecified atom stereocenters. The number of rotatable bonds is 3. The van der Waals surface area contributed by atoms with Crippen LogP contribution in [0.1, 0.15) is 18.5 Å². The highest BCUT2D eigenvalue weighted by Gasteiger charge is 2.32. The number of hydrogen-bond donors (Lipinski definition) is 1. The van der Waals surface area contributed by atoms with Crippen molar-refractivity contribution in [2.24, 2.45) is 0 Å². The van der Waals surface area contributed by atoms with Crippen LogP contribution in [0, 0.1) is 0 Å². The zero-order chi connectivity index (χ0) is 13.1. The molecule has 0 aromatic heterocycles. The fourth-order valence-corrected chi connectivity index (χ4v) is 2.45. The van der Waals surface area contributed by atoms with E-state index < -0.39 is 12.0 Å². The van der Waals surface area contributed by atoms with Crippen LogP contribution in [-0.4, -0.2) is 41.8 Å². The van der Waals surface area contributed by atoms with E-state index in [0.29, 0.717) is 18.2 Å². The number of nitrogens with zero attached hydrogens (tertiary/aromatic N) is 1. The number of carbonyl (C=O) groups is 1. The fraction of sp³-hybridized carbons (Fsp3) is 0.462. The zero-order valence-electron chi connectivity index (χ0n) is 10.2. The second-order valence-electron chi connectivity index (χ2n) is 4.40. The minimum Gasteiger partial charge on any atom is -0.480 e. The highest BCUT2D eigenvalue weighted by atomic mass is 35.5. The molecule has 0 saturated carbocycles.